The molecule has 1 aromatic carbocycles. The van der Waals surface area contributed by atoms with Gasteiger partial charge < -0.3 is 15.5 Å². The fourth-order valence-corrected chi connectivity index (χ4v) is 2.56. The summed E-state index contributed by atoms with van der Waals surface area (Å²) in [7, 11) is 2.00. The Labute approximate surface area is 133 Å². The van der Waals surface area contributed by atoms with Gasteiger partial charge in [-0.25, -0.2) is 14.4 Å². The third-order valence-corrected chi connectivity index (χ3v) is 3.96. The van der Waals surface area contributed by atoms with Gasteiger partial charge in [-0.1, -0.05) is 6.07 Å². The molecule has 1 saturated heterocycles. The van der Waals surface area contributed by atoms with Crippen molar-refractivity contribution >= 4 is 11.9 Å². The van der Waals surface area contributed by atoms with Crippen LogP contribution in [-0.2, 0) is 0 Å². The zero-order chi connectivity index (χ0) is 16.4. The lowest BCUT2D eigenvalue weighted by Gasteiger charge is -2.32. The summed E-state index contributed by atoms with van der Waals surface area (Å²) >= 11 is 0. The van der Waals surface area contributed by atoms with E-state index in [-0.39, 0.29) is 17.4 Å². The molecule has 3 rings (SSSR count). The number of hydrogen-bond donors (Lipinski definition) is 1. The smallest absolute Gasteiger partial charge is 0.256 e. The lowest BCUT2D eigenvalue weighted by molar-refractivity contribution is 0.0659. The van der Waals surface area contributed by atoms with Gasteiger partial charge in [-0.2, -0.15) is 0 Å². The van der Waals surface area contributed by atoms with Gasteiger partial charge in [0.25, 0.3) is 5.91 Å². The number of likely N-dealkylation sites (N-methyl/N-ethyl adjacent to an activating group) is 1. The third-order valence-electron chi connectivity index (χ3n) is 3.96. The van der Waals surface area contributed by atoms with Crippen LogP contribution in [0.3, 0.4) is 0 Å². The zero-order valence-electron chi connectivity index (χ0n) is 12.9. The van der Waals surface area contributed by atoms with Crippen molar-refractivity contribution in [2.24, 2.45) is 0 Å². The Hall–Kier alpha value is -2.54. The van der Waals surface area contributed by atoms with E-state index < -0.39 is 5.82 Å². The van der Waals surface area contributed by atoms with Crippen LogP contribution in [0.2, 0.25) is 0 Å². The number of nitrogen functional groups attached to an aromatic ring is 1. The number of nitrogens with zero attached hydrogens (tertiary/aromatic N) is 4. The summed E-state index contributed by atoms with van der Waals surface area (Å²) in [5.41, 5.74) is 6.71. The van der Waals surface area contributed by atoms with Crippen molar-refractivity contribution in [3.05, 3.63) is 41.8 Å². The van der Waals surface area contributed by atoms with Crippen molar-refractivity contribution in [3.8, 4) is 11.3 Å². The average Bonchev–Trinajstić information content (AvgIpc) is 2.55. The van der Waals surface area contributed by atoms with Gasteiger partial charge in [-0.3, -0.25) is 4.79 Å². The number of carbonyl (C=O) groups is 1. The molecule has 0 bridgehead atoms. The second-order valence-electron chi connectivity index (χ2n) is 5.59. The van der Waals surface area contributed by atoms with Crippen molar-refractivity contribution in [3.63, 3.8) is 0 Å². The van der Waals surface area contributed by atoms with Crippen molar-refractivity contribution in [2.45, 2.75) is 0 Å². The van der Waals surface area contributed by atoms with Gasteiger partial charge in [-0.15, -0.1) is 0 Å². The molecule has 0 radical (unpaired) electrons. The summed E-state index contributed by atoms with van der Waals surface area (Å²) in [6, 6.07) is 6.13. The Morgan fingerprint density at radius 3 is 2.61 bits per heavy atom. The lowest BCUT2D eigenvalue weighted by atomic mass is 10.1. The average molecular weight is 315 g/mol. The van der Waals surface area contributed by atoms with Crippen LogP contribution < -0.4 is 5.73 Å². The molecule has 6 nitrogen and oxygen atoms in total. The van der Waals surface area contributed by atoms with Gasteiger partial charge in [0.1, 0.15) is 5.82 Å². The van der Waals surface area contributed by atoms with E-state index in [0.29, 0.717) is 24.3 Å². The number of aromatic nitrogens is 2. The molecule has 23 heavy (non-hydrogen) atoms. The molecule has 2 aromatic rings. The third kappa shape index (κ3) is 3.29. The van der Waals surface area contributed by atoms with Crippen LogP contribution in [0.25, 0.3) is 11.3 Å². The second-order valence-corrected chi connectivity index (χ2v) is 5.59. The molecule has 0 aliphatic carbocycles. The first-order valence-electron chi connectivity index (χ1n) is 7.41. The molecule has 1 aromatic heterocycles. The van der Waals surface area contributed by atoms with Crippen LogP contribution in [0, 0.1) is 5.82 Å². The van der Waals surface area contributed by atoms with E-state index in [1.54, 1.807) is 17.0 Å². The summed E-state index contributed by atoms with van der Waals surface area (Å²) in [5, 5.41) is 0. The fourth-order valence-electron chi connectivity index (χ4n) is 2.56. The minimum Gasteiger partial charge on any atom is -0.368 e. The van der Waals surface area contributed by atoms with Crippen molar-refractivity contribution in [1.82, 2.24) is 19.8 Å². The van der Waals surface area contributed by atoms with Gasteiger partial charge in [0, 0.05) is 37.9 Å². The van der Waals surface area contributed by atoms with Crippen LogP contribution in [0.1, 0.15) is 10.4 Å². The Bertz CT molecular complexity index is 728. The molecule has 7 heteroatoms. The highest BCUT2D eigenvalue weighted by atomic mass is 19.1. The molecule has 1 aliphatic heterocycles. The van der Waals surface area contributed by atoms with Crippen molar-refractivity contribution in [2.75, 3.05) is 39.0 Å². The first kappa shape index (κ1) is 15.4. The number of rotatable bonds is 2. The molecular formula is C16H18FN5O. The van der Waals surface area contributed by atoms with E-state index in [2.05, 4.69) is 14.9 Å². The minimum absolute atomic E-state index is 0.0836. The van der Waals surface area contributed by atoms with E-state index in [0.717, 1.165) is 13.1 Å². The number of amides is 1. The van der Waals surface area contributed by atoms with Gasteiger partial charge in [-0.05, 0) is 25.2 Å². The summed E-state index contributed by atoms with van der Waals surface area (Å²) in [4.78, 5) is 24.1. The number of hydrogen-bond acceptors (Lipinski definition) is 5. The molecular weight excluding hydrogens is 297 g/mol. The van der Waals surface area contributed by atoms with E-state index >= 15 is 0 Å². The highest BCUT2D eigenvalue weighted by Crippen LogP contribution is 2.21. The SMILES string of the molecule is CN1CCN(C(=O)c2ccc(-c3ccnc(N)n3)cc2F)CC1. The highest BCUT2D eigenvalue weighted by Gasteiger charge is 2.23. The van der Waals surface area contributed by atoms with Crippen LogP contribution >= 0.6 is 0 Å². The molecule has 1 amide bonds. The molecule has 2 heterocycles. The molecule has 0 atom stereocenters. The number of benzene rings is 1. The number of halogens is 1. The minimum atomic E-state index is -0.552. The van der Waals surface area contributed by atoms with Gasteiger partial charge in [0.05, 0.1) is 11.3 Å². The quantitative estimate of drug-likeness (QED) is 0.903. The Morgan fingerprint density at radius 2 is 1.96 bits per heavy atom. The highest BCUT2D eigenvalue weighted by molar-refractivity contribution is 5.95. The monoisotopic (exact) mass is 315 g/mol. The molecule has 0 unspecified atom stereocenters. The first-order valence-corrected chi connectivity index (χ1v) is 7.41. The maximum absolute atomic E-state index is 14.4. The molecule has 2 N–H and O–H groups in total. The van der Waals surface area contributed by atoms with Crippen LogP contribution in [0.15, 0.2) is 30.5 Å². The topological polar surface area (TPSA) is 75.3 Å². The van der Waals surface area contributed by atoms with E-state index in [1.807, 2.05) is 7.05 Å². The Balaban J connectivity index is 1.83. The standard InChI is InChI=1S/C16H18FN5O/c1-21-6-8-22(9-7-21)15(23)12-3-2-11(10-13(12)17)14-4-5-19-16(18)20-14/h2-5,10H,6-9H2,1H3,(H2,18,19,20). The number of carbonyl (C=O) groups excluding carboxylic acids is 1. The van der Waals surface area contributed by atoms with Crippen molar-refractivity contribution in [1.29, 1.82) is 0 Å². The summed E-state index contributed by atoms with van der Waals surface area (Å²) in [6.07, 6.45) is 1.51. The van der Waals surface area contributed by atoms with Crippen LogP contribution in [0.5, 0.6) is 0 Å². The van der Waals surface area contributed by atoms with Crippen LogP contribution in [-0.4, -0.2) is 58.9 Å². The van der Waals surface area contributed by atoms with Gasteiger partial charge in [0.15, 0.2) is 0 Å². The van der Waals surface area contributed by atoms with Crippen LogP contribution in [0.4, 0.5) is 10.3 Å². The molecule has 0 saturated carbocycles. The maximum Gasteiger partial charge on any atom is 0.256 e. The second kappa shape index (κ2) is 6.29. The summed E-state index contributed by atoms with van der Waals surface area (Å²) < 4.78 is 14.4. The van der Waals surface area contributed by atoms with Gasteiger partial charge >= 0.3 is 0 Å². The summed E-state index contributed by atoms with van der Waals surface area (Å²) in [5.74, 6) is -0.700. The Kier molecular flexibility index (Phi) is 4.20. The number of nitrogens with two attached hydrogens (primary N) is 1. The van der Waals surface area contributed by atoms with E-state index in [1.165, 1.54) is 18.3 Å². The predicted molar refractivity (Wildman–Crippen MR) is 85.2 cm³/mol. The fraction of sp³-hybridized carbons (Fsp3) is 0.312. The van der Waals surface area contributed by atoms with Crippen molar-refractivity contribution < 1.29 is 9.18 Å². The van der Waals surface area contributed by atoms with E-state index in [9.17, 15) is 9.18 Å². The molecule has 0 spiro atoms. The number of anilines is 1. The normalized spacial score (nSPS) is 15.7. The molecule has 1 aliphatic rings. The first-order chi connectivity index (χ1) is 11.0. The zero-order valence-corrected chi connectivity index (χ0v) is 12.9. The lowest BCUT2D eigenvalue weighted by Crippen LogP contribution is -2.47. The largest absolute Gasteiger partial charge is 0.368 e. The summed E-state index contributed by atoms with van der Waals surface area (Å²) in [6.45, 7) is 2.81. The maximum atomic E-state index is 14.4. The van der Waals surface area contributed by atoms with E-state index in [4.69, 9.17) is 5.73 Å². The van der Waals surface area contributed by atoms with Gasteiger partial charge in [0.2, 0.25) is 5.95 Å². The molecule has 120 valence electrons. The molecule has 1 fully saturated rings. The Morgan fingerprint density at radius 1 is 1.22 bits per heavy atom. The number of piperazine rings is 1. The predicted octanol–water partition coefficient (Wildman–Crippen LogP) is 1.25.